The minimum absolute atomic E-state index is 0.424. The summed E-state index contributed by atoms with van der Waals surface area (Å²) >= 11 is 0. The van der Waals surface area contributed by atoms with E-state index >= 15 is 0 Å². The molecule has 2 heterocycles. The summed E-state index contributed by atoms with van der Waals surface area (Å²) in [6.45, 7) is 2.12. The van der Waals surface area contributed by atoms with E-state index < -0.39 is 17.8 Å². The summed E-state index contributed by atoms with van der Waals surface area (Å²) in [4.78, 5) is 6.32. The highest BCUT2D eigenvalue weighted by Crippen LogP contribution is 2.32. The molecule has 0 amide bonds. The number of morpholine rings is 1. The lowest BCUT2D eigenvalue weighted by Gasteiger charge is -2.35. The molecule has 1 atom stereocenters. The predicted molar refractivity (Wildman–Crippen MR) is 97.3 cm³/mol. The van der Waals surface area contributed by atoms with Crippen LogP contribution in [0.4, 0.5) is 13.2 Å². The van der Waals surface area contributed by atoms with E-state index in [1.165, 1.54) is 6.07 Å². The molecule has 27 heavy (non-hydrogen) atoms. The van der Waals surface area contributed by atoms with Crippen LogP contribution in [-0.4, -0.2) is 42.2 Å². The molecule has 0 bridgehead atoms. The molecule has 1 aliphatic heterocycles. The lowest BCUT2D eigenvalue weighted by molar-refractivity contribution is -0.137. The first-order valence-electron chi connectivity index (χ1n) is 8.72. The number of hydrogen-bond donors (Lipinski definition) is 1. The van der Waals surface area contributed by atoms with Crippen molar-refractivity contribution in [2.45, 2.75) is 18.8 Å². The number of aryl methyl sites for hydroxylation is 1. The zero-order valence-electron chi connectivity index (χ0n) is 15.3. The molecule has 0 spiro atoms. The zero-order valence-corrected chi connectivity index (χ0v) is 15.3. The summed E-state index contributed by atoms with van der Waals surface area (Å²) in [5, 5.41) is 3.30. The Labute approximate surface area is 156 Å². The Balaban J connectivity index is 1.67. The molecule has 8 heteroatoms. The van der Waals surface area contributed by atoms with Gasteiger partial charge in [0.1, 0.15) is 6.10 Å². The molecule has 146 valence electrons. The van der Waals surface area contributed by atoms with E-state index in [0.29, 0.717) is 37.8 Å². The van der Waals surface area contributed by atoms with E-state index in [2.05, 4.69) is 10.3 Å². The lowest BCUT2D eigenvalue weighted by atomic mass is 10.0. The highest BCUT2D eigenvalue weighted by Gasteiger charge is 2.32. The van der Waals surface area contributed by atoms with E-state index in [1.807, 2.05) is 35.0 Å². The number of rotatable bonds is 3. The van der Waals surface area contributed by atoms with Gasteiger partial charge in [-0.1, -0.05) is 12.1 Å². The smallest absolute Gasteiger partial charge is 0.370 e. The van der Waals surface area contributed by atoms with Gasteiger partial charge in [0.15, 0.2) is 5.96 Å². The Kier molecular flexibility index (Phi) is 5.74. The summed E-state index contributed by atoms with van der Waals surface area (Å²) in [6, 6.07) is 7.34. The van der Waals surface area contributed by atoms with Gasteiger partial charge < -0.3 is 19.5 Å². The topological polar surface area (TPSA) is 41.8 Å². The van der Waals surface area contributed by atoms with Crippen LogP contribution in [0.3, 0.4) is 0 Å². The molecule has 0 radical (unpaired) electrons. The van der Waals surface area contributed by atoms with Crippen LogP contribution >= 0.6 is 0 Å². The third kappa shape index (κ3) is 4.82. The van der Waals surface area contributed by atoms with Crippen molar-refractivity contribution in [3.8, 4) is 0 Å². The predicted octanol–water partition coefficient (Wildman–Crippen LogP) is 3.19. The quantitative estimate of drug-likeness (QED) is 0.657. The molecule has 3 rings (SSSR count). The Morgan fingerprint density at radius 3 is 2.81 bits per heavy atom. The number of guanidine groups is 1. The molecule has 1 unspecified atom stereocenters. The molecule has 1 aromatic carbocycles. The van der Waals surface area contributed by atoms with Gasteiger partial charge in [-0.25, -0.2) is 0 Å². The van der Waals surface area contributed by atoms with Crippen molar-refractivity contribution in [2.24, 2.45) is 12.0 Å². The van der Waals surface area contributed by atoms with Crippen LogP contribution < -0.4 is 5.32 Å². The van der Waals surface area contributed by atoms with E-state index in [9.17, 15) is 13.2 Å². The van der Waals surface area contributed by atoms with E-state index in [4.69, 9.17) is 4.74 Å². The van der Waals surface area contributed by atoms with E-state index in [1.54, 1.807) is 13.1 Å². The summed E-state index contributed by atoms with van der Waals surface area (Å²) in [6.07, 6.45) is -0.808. The number of benzene rings is 1. The molecule has 5 nitrogen and oxygen atoms in total. The maximum Gasteiger partial charge on any atom is 0.416 e. The van der Waals surface area contributed by atoms with Crippen LogP contribution in [0.1, 0.15) is 22.8 Å². The molecule has 1 saturated heterocycles. The van der Waals surface area contributed by atoms with Gasteiger partial charge >= 0.3 is 6.18 Å². The minimum atomic E-state index is -4.36. The minimum Gasteiger partial charge on any atom is -0.370 e. The van der Waals surface area contributed by atoms with Crippen LogP contribution in [0.25, 0.3) is 0 Å². The van der Waals surface area contributed by atoms with Crippen molar-refractivity contribution in [3.63, 3.8) is 0 Å². The Morgan fingerprint density at radius 1 is 1.33 bits per heavy atom. The summed E-state index contributed by atoms with van der Waals surface area (Å²) in [7, 11) is 3.65. The lowest BCUT2D eigenvalue weighted by Crippen LogP contribution is -2.47. The average Bonchev–Trinajstić information content (AvgIpc) is 3.07. The van der Waals surface area contributed by atoms with Crippen molar-refractivity contribution in [2.75, 3.05) is 26.7 Å². The number of nitrogens with zero attached hydrogens (tertiary/aromatic N) is 3. The first-order valence-corrected chi connectivity index (χ1v) is 8.72. The highest BCUT2D eigenvalue weighted by molar-refractivity contribution is 5.80. The molecule has 1 aliphatic rings. The fraction of sp³-hybridized carbons (Fsp3) is 0.421. The summed E-state index contributed by atoms with van der Waals surface area (Å²) in [5.74, 6) is 0.708. The second-order valence-electron chi connectivity index (χ2n) is 6.51. The monoisotopic (exact) mass is 380 g/mol. The van der Waals surface area contributed by atoms with Crippen LogP contribution in [0.2, 0.25) is 0 Å². The van der Waals surface area contributed by atoms with Gasteiger partial charge in [0, 0.05) is 39.6 Å². The number of aliphatic imine (C=N–C) groups is 1. The largest absolute Gasteiger partial charge is 0.416 e. The fourth-order valence-corrected chi connectivity index (χ4v) is 3.14. The first-order chi connectivity index (χ1) is 12.9. The maximum atomic E-state index is 13.0. The molecule has 1 aromatic heterocycles. The first kappa shape index (κ1) is 19.3. The molecule has 0 aliphatic carbocycles. The van der Waals surface area contributed by atoms with Gasteiger partial charge in [0.05, 0.1) is 18.7 Å². The van der Waals surface area contributed by atoms with Crippen molar-refractivity contribution in [1.82, 2.24) is 14.8 Å². The molecular weight excluding hydrogens is 357 g/mol. The standard InChI is InChI=1S/C19H23F3N4O/c1-23-18(24-11-14-6-7-25(2)12-14)26-8-9-27-17(13-26)15-4-3-5-16(10-15)19(20,21)22/h3-7,10,12,17H,8-9,11,13H2,1-2H3,(H,23,24). The molecular formula is C19H23F3N4O. The van der Waals surface area contributed by atoms with E-state index in [-0.39, 0.29) is 0 Å². The second-order valence-corrected chi connectivity index (χ2v) is 6.51. The average molecular weight is 380 g/mol. The van der Waals surface area contributed by atoms with Crippen LogP contribution in [0, 0.1) is 0 Å². The third-order valence-corrected chi connectivity index (χ3v) is 4.51. The number of nitrogens with one attached hydrogen (secondary N) is 1. The molecule has 1 N–H and O–H groups in total. The van der Waals surface area contributed by atoms with Crippen LogP contribution in [0.15, 0.2) is 47.7 Å². The van der Waals surface area contributed by atoms with Crippen LogP contribution in [0.5, 0.6) is 0 Å². The Hall–Kier alpha value is -2.48. The SMILES string of the molecule is CN=C(NCc1ccn(C)c1)N1CCOC(c2cccc(C(F)(F)F)c2)C1. The number of halogens is 3. The van der Waals surface area contributed by atoms with Crippen molar-refractivity contribution in [3.05, 3.63) is 59.4 Å². The molecule has 1 fully saturated rings. The summed E-state index contributed by atoms with van der Waals surface area (Å²) in [5.41, 5.74) is 0.988. The molecule has 2 aromatic rings. The second kappa shape index (κ2) is 8.04. The number of ether oxygens (including phenoxy) is 1. The number of aromatic nitrogens is 1. The zero-order chi connectivity index (χ0) is 19.4. The summed E-state index contributed by atoms with van der Waals surface area (Å²) < 4.78 is 46.6. The molecule has 0 saturated carbocycles. The maximum absolute atomic E-state index is 13.0. The van der Waals surface area contributed by atoms with Crippen molar-refractivity contribution >= 4 is 5.96 Å². The van der Waals surface area contributed by atoms with Gasteiger partial charge in [0.25, 0.3) is 0 Å². The Bertz CT molecular complexity index is 800. The third-order valence-electron chi connectivity index (χ3n) is 4.51. The fourth-order valence-electron chi connectivity index (χ4n) is 3.14. The Morgan fingerprint density at radius 2 is 2.15 bits per heavy atom. The van der Waals surface area contributed by atoms with Gasteiger partial charge in [-0.3, -0.25) is 4.99 Å². The number of alkyl halides is 3. The van der Waals surface area contributed by atoms with Gasteiger partial charge in [-0.15, -0.1) is 0 Å². The highest BCUT2D eigenvalue weighted by atomic mass is 19.4. The normalized spacial score (nSPS) is 18.6. The van der Waals surface area contributed by atoms with E-state index in [0.717, 1.165) is 17.7 Å². The van der Waals surface area contributed by atoms with Gasteiger partial charge in [-0.05, 0) is 29.3 Å². The van der Waals surface area contributed by atoms with Crippen LogP contribution in [-0.2, 0) is 24.5 Å². The number of hydrogen-bond acceptors (Lipinski definition) is 2. The van der Waals surface area contributed by atoms with Gasteiger partial charge in [-0.2, -0.15) is 13.2 Å². The van der Waals surface area contributed by atoms with Crippen molar-refractivity contribution < 1.29 is 17.9 Å². The van der Waals surface area contributed by atoms with Gasteiger partial charge in [0.2, 0.25) is 0 Å². The van der Waals surface area contributed by atoms with Crippen molar-refractivity contribution in [1.29, 1.82) is 0 Å².